The maximum absolute atomic E-state index is 6.19. The third kappa shape index (κ3) is 2.60. The Kier molecular flexibility index (Phi) is 3.91. The van der Waals surface area contributed by atoms with Crippen molar-refractivity contribution in [1.82, 2.24) is 5.32 Å². The van der Waals surface area contributed by atoms with Gasteiger partial charge in [-0.25, -0.2) is 0 Å². The van der Waals surface area contributed by atoms with Crippen LogP contribution in [0.1, 0.15) is 31.4 Å². The molecule has 1 aliphatic carbocycles. The molecule has 1 N–H and O–H groups in total. The van der Waals surface area contributed by atoms with Crippen molar-refractivity contribution in [2.45, 2.75) is 31.8 Å². The lowest BCUT2D eigenvalue weighted by molar-refractivity contribution is 0.471. The zero-order chi connectivity index (χ0) is 11.5. The molecule has 1 nitrogen and oxygen atoms in total. The van der Waals surface area contributed by atoms with E-state index >= 15 is 0 Å². The Balaban J connectivity index is 2.08. The molecule has 1 aromatic carbocycles. The van der Waals surface area contributed by atoms with Crippen LogP contribution in [0.5, 0.6) is 0 Å². The first-order valence-electron chi connectivity index (χ1n) is 5.53. The highest BCUT2D eigenvalue weighted by atomic mass is 35.5. The summed E-state index contributed by atoms with van der Waals surface area (Å²) in [5.41, 5.74) is 1.07. The monoisotopic (exact) mass is 255 g/mol. The second-order valence-corrected chi connectivity index (χ2v) is 4.96. The zero-order valence-electron chi connectivity index (χ0n) is 9.21. The van der Waals surface area contributed by atoms with Crippen molar-refractivity contribution in [3.63, 3.8) is 0 Å². The summed E-state index contributed by atoms with van der Waals surface area (Å²) in [7, 11) is 0. The van der Waals surface area contributed by atoms with E-state index in [4.69, 9.17) is 23.2 Å². The Labute approximate surface area is 106 Å². The van der Waals surface area contributed by atoms with Gasteiger partial charge in [0, 0.05) is 12.1 Å². The molecule has 1 aromatic rings. The van der Waals surface area contributed by atoms with Gasteiger partial charge in [-0.2, -0.15) is 0 Å². The Morgan fingerprint density at radius 3 is 2.62 bits per heavy atom. The highest BCUT2D eigenvalue weighted by molar-refractivity contribution is 6.42. The van der Waals surface area contributed by atoms with Crippen molar-refractivity contribution >= 4 is 23.2 Å². The van der Waals surface area contributed by atoms with Gasteiger partial charge < -0.3 is 5.32 Å². The molecule has 1 atom stereocenters. The van der Waals surface area contributed by atoms with Crippen molar-refractivity contribution < 1.29 is 0 Å². The van der Waals surface area contributed by atoms with Gasteiger partial charge in [-0.05, 0) is 31.4 Å². The maximum atomic E-state index is 6.19. The molecule has 0 saturated heterocycles. The first kappa shape index (κ1) is 12.0. The fourth-order valence-electron chi connectivity index (χ4n) is 2.05. The standard InChI is InChI=1S/C13H15Cl2N/c1-9(16-10-5-2-3-6-10)11-7-4-8-12(14)13(11)15/h2-4,7-10,16H,5-6H2,1H3. The predicted octanol–water partition coefficient (Wildman–Crippen LogP) is 4.36. The molecule has 0 heterocycles. The van der Waals surface area contributed by atoms with E-state index in [-0.39, 0.29) is 6.04 Å². The summed E-state index contributed by atoms with van der Waals surface area (Å²) in [5.74, 6) is 0. The molecule has 1 aliphatic rings. The number of hydrogen-bond donors (Lipinski definition) is 1. The van der Waals surface area contributed by atoms with Gasteiger partial charge in [0.15, 0.2) is 0 Å². The Morgan fingerprint density at radius 2 is 1.94 bits per heavy atom. The topological polar surface area (TPSA) is 12.0 Å². The van der Waals surface area contributed by atoms with E-state index in [2.05, 4.69) is 24.4 Å². The van der Waals surface area contributed by atoms with Gasteiger partial charge in [0.25, 0.3) is 0 Å². The summed E-state index contributed by atoms with van der Waals surface area (Å²) >= 11 is 12.2. The van der Waals surface area contributed by atoms with Gasteiger partial charge in [0.1, 0.15) is 0 Å². The van der Waals surface area contributed by atoms with Crippen LogP contribution in [0.4, 0.5) is 0 Å². The molecule has 16 heavy (non-hydrogen) atoms. The highest BCUT2D eigenvalue weighted by Crippen LogP contribution is 2.30. The molecular formula is C13H15Cl2N. The van der Waals surface area contributed by atoms with Crippen LogP contribution < -0.4 is 5.32 Å². The summed E-state index contributed by atoms with van der Waals surface area (Å²) in [6.45, 7) is 2.12. The first-order chi connectivity index (χ1) is 7.68. The number of nitrogens with one attached hydrogen (secondary N) is 1. The minimum atomic E-state index is 0.232. The summed E-state index contributed by atoms with van der Waals surface area (Å²) in [6.07, 6.45) is 6.62. The van der Waals surface area contributed by atoms with E-state index in [1.54, 1.807) is 0 Å². The lowest BCUT2D eigenvalue weighted by Crippen LogP contribution is -2.29. The quantitative estimate of drug-likeness (QED) is 0.792. The summed E-state index contributed by atoms with van der Waals surface area (Å²) < 4.78 is 0. The van der Waals surface area contributed by atoms with Gasteiger partial charge in [-0.3, -0.25) is 0 Å². The molecule has 0 bridgehead atoms. The molecule has 0 aliphatic heterocycles. The Hall–Kier alpha value is -0.500. The van der Waals surface area contributed by atoms with E-state index in [0.717, 1.165) is 18.4 Å². The SMILES string of the molecule is CC(NC1CC=CC1)c1cccc(Cl)c1Cl. The fourth-order valence-corrected chi connectivity index (χ4v) is 2.52. The minimum absolute atomic E-state index is 0.232. The second-order valence-electron chi connectivity index (χ2n) is 4.17. The molecule has 0 spiro atoms. The molecule has 2 rings (SSSR count). The van der Waals surface area contributed by atoms with Crippen LogP contribution in [-0.4, -0.2) is 6.04 Å². The van der Waals surface area contributed by atoms with E-state index < -0.39 is 0 Å². The van der Waals surface area contributed by atoms with Crippen molar-refractivity contribution in [1.29, 1.82) is 0 Å². The molecular weight excluding hydrogens is 241 g/mol. The highest BCUT2D eigenvalue weighted by Gasteiger charge is 2.16. The minimum Gasteiger partial charge on any atom is -0.307 e. The third-order valence-corrected chi connectivity index (χ3v) is 3.78. The zero-order valence-corrected chi connectivity index (χ0v) is 10.7. The van der Waals surface area contributed by atoms with Crippen molar-refractivity contribution in [3.05, 3.63) is 46.0 Å². The van der Waals surface area contributed by atoms with Gasteiger partial charge in [-0.15, -0.1) is 0 Å². The molecule has 0 saturated carbocycles. The lowest BCUT2D eigenvalue weighted by Gasteiger charge is -2.20. The number of hydrogen-bond acceptors (Lipinski definition) is 1. The van der Waals surface area contributed by atoms with E-state index in [1.807, 2.05) is 18.2 Å². The molecule has 0 radical (unpaired) electrons. The van der Waals surface area contributed by atoms with Gasteiger partial charge in [0.2, 0.25) is 0 Å². The maximum Gasteiger partial charge on any atom is 0.0639 e. The summed E-state index contributed by atoms with van der Waals surface area (Å²) in [6, 6.07) is 6.54. The van der Waals surface area contributed by atoms with Crippen LogP contribution in [0, 0.1) is 0 Å². The van der Waals surface area contributed by atoms with E-state index in [9.17, 15) is 0 Å². The number of benzene rings is 1. The number of rotatable bonds is 3. The van der Waals surface area contributed by atoms with Crippen molar-refractivity contribution in [3.8, 4) is 0 Å². The average molecular weight is 256 g/mol. The largest absolute Gasteiger partial charge is 0.307 e. The first-order valence-corrected chi connectivity index (χ1v) is 6.29. The molecule has 0 aromatic heterocycles. The Morgan fingerprint density at radius 1 is 1.25 bits per heavy atom. The molecule has 0 amide bonds. The van der Waals surface area contributed by atoms with Crippen LogP contribution in [0.3, 0.4) is 0 Å². The summed E-state index contributed by atoms with van der Waals surface area (Å²) in [5, 5.41) is 4.84. The van der Waals surface area contributed by atoms with Crippen LogP contribution in [-0.2, 0) is 0 Å². The summed E-state index contributed by atoms with van der Waals surface area (Å²) in [4.78, 5) is 0. The normalized spacial score (nSPS) is 17.9. The van der Waals surface area contributed by atoms with Crippen molar-refractivity contribution in [2.24, 2.45) is 0 Å². The van der Waals surface area contributed by atoms with Crippen LogP contribution in [0.25, 0.3) is 0 Å². The predicted molar refractivity (Wildman–Crippen MR) is 70.2 cm³/mol. The van der Waals surface area contributed by atoms with Gasteiger partial charge in [-0.1, -0.05) is 47.5 Å². The molecule has 86 valence electrons. The lowest BCUT2D eigenvalue weighted by atomic mass is 10.1. The smallest absolute Gasteiger partial charge is 0.0639 e. The Bertz CT molecular complexity index is 393. The van der Waals surface area contributed by atoms with Gasteiger partial charge in [0.05, 0.1) is 10.0 Å². The van der Waals surface area contributed by atoms with Crippen molar-refractivity contribution in [2.75, 3.05) is 0 Å². The van der Waals surface area contributed by atoms with Gasteiger partial charge >= 0.3 is 0 Å². The van der Waals surface area contributed by atoms with Crippen LogP contribution in [0.15, 0.2) is 30.4 Å². The molecule has 3 heteroatoms. The molecule has 0 fully saturated rings. The molecule has 1 unspecified atom stereocenters. The van der Waals surface area contributed by atoms with Crippen LogP contribution >= 0.6 is 23.2 Å². The third-order valence-electron chi connectivity index (χ3n) is 2.94. The van der Waals surface area contributed by atoms with E-state index in [1.165, 1.54) is 0 Å². The number of halogens is 2. The average Bonchev–Trinajstić information content (AvgIpc) is 2.74. The van der Waals surface area contributed by atoms with Crippen LogP contribution in [0.2, 0.25) is 10.0 Å². The second kappa shape index (κ2) is 5.22. The van der Waals surface area contributed by atoms with E-state index in [0.29, 0.717) is 16.1 Å². The fraction of sp³-hybridized carbons (Fsp3) is 0.385.